The molecular weight excluding hydrogens is 254 g/mol. The summed E-state index contributed by atoms with van der Waals surface area (Å²) in [6.45, 7) is 4.04. The van der Waals surface area contributed by atoms with Crippen LogP contribution in [0.5, 0.6) is 0 Å². The van der Waals surface area contributed by atoms with Crippen molar-refractivity contribution >= 4 is 11.6 Å². The topological polar surface area (TPSA) is 38.8 Å². The van der Waals surface area contributed by atoms with Gasteiger partial charge in [0.1, 0.15) is 0 Å². The largest absolute Gasteiger partial charge is 0.381 e. The molecule has 2 heterocycles. The molecule has 1 amide bonds. The van der Waals surface area contributed by atoms with Gasteiger partial charge in [0.15, 0.2) is 5.60 Å². The number of benzene rings is 1. The third-order valence-corrected chi connectivity index (χ3v) is 4.59. The number of hydrogen-bond acceptors (Lipinski definition) is 3. The molecule has 0 N–H and O–H groups in total. The molecule has 2 aliphatic heterocycles. The van der Waals surface area contributed by atoms with E-state index in [1.807, 2.05) is 17.0 Å². The SMILES string of the molecule is COC1(C(=O)N2CCc3c(C)cccc32)CCOCC1. The normalized spacial score (nSPS) is 20.8. The second-order valence-corrected chi connectivity index (χ2v) is 5.59. The van der Waals surface area contributed by atoms with Gasteiger partial charge < -0.3 is 14.4 Å². The van der Waals surface area contributed by atoms with Gasteiger partial charge in [0.05, 0.1) is 0 Å². The molecule has 20 heavy (non-hydrogen) atoms. The third kappa shape index (κ3) is 2.03. The summed E-state index contributed by atoms with van der Waals surface area (Å²) in [5, 5.41) is 0. The number of fused-ring (bicyclic) bond motifs is 1. The lowest BCUT2D eigenvalue weighted by Gasteiger charge is -2.37. The maximum absolute atomic E-state index is 13.0. The van der Waals surface area contributed by atoms with E-state index in [2.05, 4.69) is 13.0 Å². The van der Waals surface area contributed by atoms with E-state index in [1.54, 1.807) is 7.11 Å². The molecule has 2 aliphatic rings. The number of anilines is 1. The van der Waals surface area contributed by atoms with E-state index in [1.165, 1.54) is 11.1 Å². The molecular formula is C16H21NO3. The molecule has 0 spiro atoms. The van der Waals surface area contributed by atoms with Gasteiger partial charge in [-0.1, -0.05) is 12.1 Å². The molecule has 0 unspecified atom stereocenters. The van der Waals surface area contributed by atoms with Crippen LogP contribution in [0.4, 0.5) is 5.69 Å². The van der Waals surface area contributed by atoms with Crippen molar-refractivity contribution in [3.05, 3.63) is 29.3 Å². The molecule has 1 fully saturated rings. The predicted octanol–water partition coefficient (Wildman–Crippen LogP) is 2.08. The first-order valence-electron chi connectivity index (χ1n) is 7.21. The first kappa shape index (κ1) is 13.6. The van der Waals surface area contributed by atoms with Crippen molar-refractivity contribution in [1.82, 2.24) is 0 Å². The van der Waals surface area contributed by atoms with Crippen molar-refractivity contribution in [2.75, 3.05) is 31.8 Å². The number of aryl methyl sites for hydroxylation is 1. The molecule has 1 aromatic carbocycles. The highest BCUT2D eigenvalue weighted by Crippen LogP contribution is 2.35. The maximum Gasteiger partial charge on any atom is 0.259 e. The highest BCUT2D eigenvalue weighted by atomic mass is 16.5. The monoisotopic (exact) mass is 275 g/mol. The minimum absolute atomic E-state index is 0.0904. The average Bonchev–Trinajstić information content (AvgIpc) is 2.92. The lowest BCUT2D eigenvalue weighted by molar-refractivity contribution is -0.152. The Morgan fingerprint density at radius 1 is 1.35 bits per heavy atom. The summed E-state index contributed by atoms with van der Waals surface area (Å²) in [5.41, 5.74) is 2.90. The van der Waals surface area contributed by atoms with E-state index in [0.29, 0.717) is 26.1 Å². The van der Waals surface area contributed by atoms with E-state index in [9.17, 15) is 4.79 Å². The molecule has 4 heteroatoms. The van der Waals surface area contributed by atoms with Crippen molar-refractivity contribution in [1.29, 1.82) is 0 Å². The summed E-state index contributed by atoms with van der Waals surface area (Å²) in [7, 11) is 1.64. The number of ether oxygens (including phenoxy) is 2. The van der Waals surface area contributed by atoms with Crippen LogP contribution in [-0.2, 0) is 20.7 Å². The number of methoxy groups -OCH3 is 1. The Bertz CT molecular complexity index is 520. The Kier molecular flexibility index (Phi) is 3.52. The number of amides is 1. The van der Waals surface area contributed by atoms with Crippen LogP contribution in [0.1, 0.15) is 24.0 Å². The molecule has 0 saturated carbocycles. The molecule has 0 aliphatic carbocycles. The lowest BCUT2D eigenvalue weighted by atomic mass is 9.92. The van der Waals surface area contributed by atoms with Crippen molar-refractivity contribution in [3.63, 3.8) is 0 Å². The number of rotatable bonds is 2. The summed E-state index contributed by atoms with van der Waals surface area (Å²) >= 11 is 0. The summed E-state index contributed by atoms with van der Waals surface area (Å²) in [4.78, 5) is 14.9. The number of nitrogens with zero attached hydrogens (tertiary/aromatic N) is 1. The fourth-order valence-corrected chi connectivity index (χ4v) is 3.27. The van der Waals surface area contributed by atoms with Crippen LogP contribution in [-0.4, -0.2) is 38.4 Å². The Labute approximate surface area is 119 Å². The van der Waals surface area contributed by atoms with Crippen molar-refractivity contribution in [3.8, 4) is 0 Å². The lowest BCUT2D eigenvalue weighted by Crippen LogP contribution is -2.53. The minimum atomic E-state index is -0.705. The first-order chi connectivity index (χ1) is 9.68. The van der Waals surface area contributed by atoms with Crippen LogP contribution in [0.25, 0.3) is 0 Å². The second kappa shape index (κ2) is 5.19. The van der Waals surface area contributed by atoms with Crippen LogP contribution >= 0.6 is 0 Å². The highest BCUT2D eigenvalue weighted by molar-refractivity contribution is 6.01. The van der Waals surface area contributed by atoms with E-state index in [4.69, 9.17) is 9.47 Å². The quantitative estimate of drug-likeness (QED) is 0.829. The molecule has 108 valence electrons. The molecule has 4 nitrogen and oxygen atoms in total. The fourth-order valence-electron chi connectivity index (χ4n) is 3.27. The van der Waals surface area contributed by atoms with Gasteiger partial charge in [0.25, 0.3) is 5.91 Å². The number of carbonyl (C=O) groups excluding carboxylic acids is 1. The summed E-state index contributed by atoms with van der Waals surface area (Å²) in [6, 6.07) is 6.16. The van der Waals surface area contributed by atoms with Gasteiger partial charge in [-0.2, -0.15) is 0 Å². The van der Waals surface area contributed by atoms with Crippen LogP contribution in [0.2, 0.25) is 0 Å². The second-order valence-electron chi connectivity index (χ2n) is 5.59. The highest BCUT2D eigenvalue weighted by Gasteiger charge is 2.44. The van der Waals surface area contributed by atoms with E-state index < -0.39 is 5.60 Å². The molecule has 1 saturated heterocycles. The molecule has 3 rings (SSSR count). The Morgan fingerprint density at radius 3 is 2.80 bits per heavy atom. The first-order valence-corrected chi connectivity index (χ1v) is 7.21. The standard InChI is InChI=1S/C16H21NO3/c1-12-4-3-5-14-13(12)6-9-17(14)15(18)16(19-2)7-10-20-11-8-16/h3-5H,6-11H2,1-2H3. The zero-order valence-electron chi connectivity index (χ0n) is 12.1. The van der Waals surface area contributed by atoms with Gasteiger partial charge in [-0.15, -0.1) is 0 Å². The van der Waals surface area contributed by atoms with E-state index in [0.717, 1.165) is 18.7 Å². The maximum atomic E-state index is 13.0. The molecule has 0 radical (unpaired) electrons. The van der Waals surface area contributed by atoms with Gasteiger partial charge in [-0.25, -0.2) is 0 Å². The van der Waals surface area contributed by atoms with E-state index >= 15 is 0 Å². The van der Waals surface area contributed by atoms with Gasteiger partial charge in [0.2, 0.25) is 0 Å². The van der Waals surface area contributed by atoms with Crippen LogP contribution in [0, 0.1) is 6.92 Å². The smallest absolute Gasteiger partial charge is 0.259 e. The number of carbonyl (C=O) groups is 1. The average molecular weight is 275 g/mol. The number of hydrogen-bond donors (Lipinski definition) is 0. The molecule has 0 bridgehead atoms. The molecule has 1 aromatic rings. The molecule has 0 aromatic heterocycles. The van der Waals surface area contributed by atoms with Crippen LogP contribution in [0.3, 0.4) is 0 Å². The van der Waals surface area contributed by atoms with Crippen LogP contribution < -0.4 is 4.90 Å². The summed E-state index contributed by atoms with van der Waals surface area (Å²) in [6.07, 6.45) is 2.21. The Hall–Kier alpha value is -1.39. The Balaban J connectivity index is 1.91. The van der Waals surface area contributed by atoms with Crippen LogP contribution in [0.15, 0.2) is 18.2 Å². The zero-order valence-corrected chi connectivity index (χ0v) is 12.1. The predicted molar refractivity (Wildman–Crippen MR) is 77.0 cm³/mol. The molecule has 0 atom stereocenters. The van der Waals surface area contributed by atoms with Gasteiger partial charge in [-0.3, -0.25) is 4.79 Å². The van der Waals surface area contributed by atoms with Gasteiger partial charge >= 0.3 is 0 Å². The summed E-state index contributed by atoms with van der Waals surface area (Å²) in [5.74, 6) is 0.0904. The van der Waals surface area contributed by atoms with Crippen molar-refractivity contribution < 1.29 is 14.3 Å². The van der Waals surface area contributed by atoms with Gasteiger partial charge in [-0.05, 0) is 30.5 Å². The summed E-state index contributed by atoms with van der Waals surface area (Å²) < 4.78 is 11.0. The van der Waals surface area contributed by atoms with E-state index in [-0.39, 0.29) is 5.91 Å². The van der Waals surface area contributed by atoms with Crippen molar-refractivity contribution in [2.24, 2.45) is 0 Å². The fraction of sp³-hybridized carbons (Fsp3) is 0.562. The minimum Gasteiger partial charge on any atom is -0.381 e. The Morgan fingerprint density at radius 2 is 2.10 bits per heavy atom. The van der Waals surface area contributed by atoms with Crippen molar-refractivity contribution in [2.45, 2.75) is 31.8 Å². The third-order valence-electron chi connectivity index (χ3n) is 4.59. The van der Waals surface area contributed by atoms with Gasteiger partial charge in [0, 0.05) is 45.4 Å². The zero-order chi connectivity index (χ0) is 14.2.